The van der Waals surface area contributed by atoms with Crippen LogP contribution < -0.4 is 5.32 Å². The molecule has 0 fully saturated rings. The lowest BCUT2D eigenvalue weighted by atomic mass is 10.2. The Labute approximate surface area is 120 Å². The van der Waals surface area contributed by atoms with Crippen LogP contribution in [-0.2, 0) is 12.8 Å². The second-order valence-electron chi connectivity index (χ2n) is 4.16. The Kier molecular flexibility index (Phi) is 4.27. The highest BCUT2D eigenvalue weighted by Crippen LogP contribution is 2.11. The zero-order chi connectivity index (χ0) is 15.4. The normalized spacial score (nSPS) is 10.4. The van der Waals surface area contributed by atoms with Crippen molar-refractivity contribution in [3.05, 3.63) is 35.0 Å². The minimum atomic E-state index is -1.24. The van der Waals surface area contributed by atoms with Crippen LogP contribution in [0.2, 0.25) is 0 Å². The molecule has 0 aliphatic carbocycles. The minimum absolute atomic E-state index is 0.0577. The summed E-state index contributed by atoms with van der Waals surface area (Å²) in [6, 6.07) is 2.47. The molecule has 2 aromatic heterocycles. The molecule has 0 radical (unpaired) electrons. The maximum atomic E-state index is 11.9. The summed E-state index contributed by atoms with van der Waals surface area (Å²) >= 11 is 0. The molecule has 0 unspecified atom stereocenters. The topological polar surface area (TPSA) is 118 Å². The standard InChI is InChI=1S/C13H14N4O4/c1-3-7-8(4-2)16-17-13(14-7)15-11(18)9-5-6-10(21-9)12(19)20/h5-6H,3-4H2,1-2H3,(H,19,20)(H,14,15,17,18). The van der Waals surface area contributed by atoms with Gasteiger partial charge in [0.1, 0.15) is 0 Å². The van der Waals surface area contributed by atoms with Gasteiger partial charge in [0.2, 0.25) is 11.7 Å². The van der Waals surface area contributed by atoms with Gasteiger partial charge in [0, 0.05) is 0 Å². The first-order chi connectivity index (χ1) is 10.0. The molecule has 21 heavy (non-hydrogen) atoms. The van der Waals surface area contributed by atoms with Crippen molar-refractivity contribution in [3.63, 3.8) is 0 Å². The van der Waals surface area contributed by atoms with Gasteiger partial charge in [-0.25, -0.2) is 9.78 Å². The summed E-state index contributed by atoms with van der Waals surface area (Å²) in [4.78, 5) is 26.8. The van der Waals surface area contributed by atoms with Gasteiger partial charge in [-0.05, 0) is 25.0 Å². The average Bonchev–Trinajstić information content (AvgIpc) is 2.97. The lowest BCUT2D eigenvalue weighted by Crippen LogP contribution is -2.16. The molecular weight excluding hydrogens is 276 g/mol. The number of aryl methyl sites for hydroxylation is 2. The number of aromatic carboxylic acids is 1. The number of nitrogens with zero attached hydrogens (tertiary/aromatic N) is 3. The molecule has 0 aliphatic rings. The number of aromatic nitrogens is 3. The Morgan fingerprint density at radius 2 is 1.81 bits per heavy atom. The smallest absolute Gasteiger partial charge is 0.371 e. The van der Waals surface area contributed by atoms with E-state index < -0.39 is 11.9 Å². The molecule has 0 aromatic carbocycles. The van der Waals surface area contributed by atoms with Crippen molar-refractivity contribution in [2.24, 2.45) is 0 Å². The van der Waals surface area contributed by atoms with Crippen molar-refractivity contribution >= 4 is 17.8 Å². The van der Waals surface area contributed by atoms with Gasteiger partial charge in [-0.15, -0.1) is 10.2 Å². The highest BCUT2D eigenvalue weighted by Gasteiger charge is 2.16. The molecule has 2 aromatic rings. The summed E-state index contributed by atoms with van der Waals surface area (Å²) in [7, 11) is 0. The first-order valence-electron chi connectivity index (χ1n) is 6.42. The second kappa shape index (κ2) is 6.12. The fourth-order valence-corrected chi connectivity index (χ4v) is 1.73. The van der Waals surface area contributed by atoms with Crippen LogP contribution in [0.1, 0.15) is 46.3 Å². The lowest BCUT2D eigenvalue weighted by molar-refractivity contribution is 0.0660. The third kappa shape index (κ3) is 3.22. The minimum Gasteiger partial charge on any atom is -0.475 e. The van der Waals surface area contributed by atoms with Crippen LogP contribution >= 0.6 is 0 Å². The first-order valence-corrected chi connectivity index (χ1v) is 6.42. The number of carbonyl (C=O) groups is 2. The van der Waals surface area contributed by atoms with Crippen molar-refractivity contribution < 1.29 is 19.1 Å². The van der Waals surface area contributed by atoms with Crippen molar-refractivity contribution in [3.8, 4) is 0 Å². The number of hydrogen-bond acceptors (Lipinski definition) is 6. The van der Waals surface area contributed by atoms with Crippen molar-refractivity contribution in [1.29, 1.82) is 0 Å². The van der Waals surface area contributed by atoms with Crippen LogP contribution in [0.3, 0.4) is 0 Å². The van der Waals surface area contributed by atoms with Crippen LogP contribution in [0.4, 0.5) is 5.95 Å². The molecule has 110 valence electrons. The van der Waals surface area contributed by atoms with Crippen molar-refractivity contribution in [2.75, 3.05) is 5.32 Å². The highest BCUT2D eigenvalue weighted by atomic mass is 16.4. The molecule has 1 amide bonds. The fourth-order valence-electron chi connectivity index (χ4n) is 1.73. The van der Waals surface area contributed by atoms with E-state index in [1.54, 1.807) is 0 Å². The summed E-state index contributed by atoms with van der Waals surface area (Å²) < 4.78 is 4.89. The molecule has 8 heteroatoms. The summed E-state index contributed by atoms with van der Waals surface area (Å²) in [6.45, 7) is 3.87. The molecule has 0 saturated heterocycles. The van der Waals surface area contributed by atoms with Crippen LogP contribution in [-0.4, -0.2) is 32.2 Å². The number of anilines is 1. The van der Waals surface area contributed by atoms with Gasteiger partial charge >= 0.3 is 5.97 Å². The van der Waals surface area contributed by atoms with Gasteiger partial charge in [0.05, 0.1) is 11.4 Å². The van der Waals surface area contributed by atoms with E-state index in [1.807, 2.05) is 13.8 Å². The monoisotopic (exact) mass is 290 g/mol. The van der Waals surface area contributed by atoms with Crippen molar-refractivity contribution in [1.82, 2.24) is 15.2 Å². The fraction of sp³-hybridized carbons (Fsp3) is 0.308. The number of carboxylic acid groups (broad SMARTS) is 1. The van der Waals surface area contributed by atoms with E-state index in [2.05, 4.69) is 20.5 Å². The number of furan rings is 1. The molecule has 2 rings (SSSR count). The van der Waals surface area contributed by atoms with E-state index in [4.69, 9.17) is 9.52 Å². The zero-order valence-electron chi connectivity index (χ0n) is 11.6. The Morgan fingerprint density at radius 1 is 1.14 bits per heavy atom. The van der Waals surface area contributed by atoms with Crippen LogP contribution in [0.5, 0.6) is 0 Å². The summed E-state index contributed by atoms with van der Waals surface area (Å²) in [5.74, 6) is -2.26. The van der Waals surface area contributed by atoms with E-state index in [0.717, 1.165) is 11.4 Å². The van der Waals surface area contributed by atoms with E-state index >= 15 is 0 Å². The van der Waals surface area contributed by atoms with Crippen LogP contribution in [0, 0.1) is 0 Å². The maximum absolute atomic E-state index is 11.9. The van der Waals surface area contributed by atoms with Crippen molar-refractivity contribution in [2.45, 2.75) is 26.7 Å². The SMILES string of the molecule is CCc1nnc(NC(=O)c2ccc(C(=O)O)o2)nc1CC. The zero-order valence-corrected chi connectivity index (χ0v) is 11.6. The number of amides is 1. The van der Waals surface area contributed by atoms with Crippen LogP contribution in [0.15, 0.2) is 16.5 Å². The van der Waals surface area contributed by atoms with Gasteiger partial charge in [0.15, 0.2) is 5.76 Å². The maximum Gasteiger partial charge on any atom is 0.371 e. The molecule has 0 spiro atoms. The van der Waals surface area contributed by atoms with Gasteiger partial charge < -0.3 is 9.52 Å². The largest absolute Gasteiger partial charge is 0.475 e. The lowest BCUT2D eigenvalue weighted by Gasteiger charge is -2.05. The van der Waals surface area contributed by atoms with Gasteiger partial charge in [-0.2, -0.15) is 0 Å². The number of carboxylic acids is 1. The predicted octanol–water partition coefficient (Wildman–Crippen LogP) is 1.54. The Bertz CT molecular complexity index is 681. The van der Waals surface area contributed by atoms with E-state index in [1.165, 1.54) is 12.1 Å². The molecule has 0 saturated carbocycles. The van der Waals surface area contributed by atoms with Crippen LogP contribution in [0.25, 0.3) is 0 Å². The van der Waals surface area contributed by atoms with Gasteiger partial charge in [0.25, 0.3) is 5.91 Å². The predicted molar refractivity (Wildman–Crippen MR) is 72.2 cm³/mol. The number of carbonyl (C=O) groups excluding carboxylic acids is 1. The quantitative estimate of drug-likeness (QED) is 0.857. The third-order valence-corrected chi connectivity index (χ3v) is 2.78. The third-order valence-electron chi connectivity index (χ3n) is 2.78. The Hall–Kier alpha value is -2.77. The number of rotatable bonds is 5. The van der Waals surface area contributed by atoms with Gasteiger partial charge in [-0.3, -0.25) is 10.1 Å². The number of nitrogens with one attached hydrogen (secondary N) is 1. The van der Waals surface area contributed by atoms with E-state index in [9.17, 15) is 9.59 Å². The van der Waals surface area contributed by atoms with E-state index in [-0.39, 0.29) is 17.5 Å². The molecule has 8 nitrogen and oxygen atoms in total. The van der Waals surface area contributed by atoms with Gasteiger partial charge in [-0.1, -0.05) is 13.8 Å². The molecule has 2 N–H and O–H groups in total. The Balaban J connectivity index is 2.17. The second-order valence-corrected chi connectivity index (χ2v) is 4.16. The molecule has 0 atom stereocenters. The summed E-state index contributed by atoms with van der Waals surface area (Å²) in [5.41, 5.74) is 1.54. The molecule has 0 bridgehead atoms. The highest BCUT2D eigenvalue weighted by molar-refractivity contribution is 6.01. The Morgan fingerprint density at radius 3 is 2.38 bits per heavy atom. The van der Waals surface area contributed by atoms with E-state index in [0.29, 0.717) is 12.8 Å². The summed E-state index contributed by atoms with van der Waals surface area (Å²) in [5, 5.41) is 19.0. The average molecular weight is 290 g/mol. The number of hydrogen-bond donors (Lipinski definition) is 2. The summed E-state index contributed by atoms with van der Waals surface area (Å²) in [6.07, 6.45) is 1.38. The molecular formula is C13H14N4O4. The first kappa shape index (κ1) is 14.6. The molecule has 2 heterocycles. The molecule has 0 aliphatic heterocycles.